The Kier molecular flexibility index (Phi) is 5.26. The summed E-state index contributed by atoms with van der Waals surface area (Å²) in [7, 11) is 1.84. The lowest BCUT2D eigenvalue weighted by molar-refractivity contribution is -0.136. The molecule has 1 fully saturated rings. The molecule has 1 aliphatic rings. The number of amides is 1. The number of rotatable bonds is 4. The second-order valence-electron chi connectivity index (χ2n) is 5.14. The Morgan fingerprint density at radius 2 is 2.06 bits per heavy atom. The molecule has 1 N–H and O–H groups in total. The van der Waals surface area contributed by atoms with Crippen LogP contribution in [0.4, 0.5) is 0 Å². The molecule has 1 rings (SSSR count). The molecule has 0 radical (unpaired) electrons. The van der Waals surface area contributed by atoms with E-state index in [1.54, 1.807) is 4.90 Å². The van der Waals surface area contributed by atoms with Crippen LogP contribution in [0.25, 0.3) is 0 Å². The molecule has 0 aliphatic heterocycles. The summed E-state index contributed by atoms with van der Waals surface area (Å²) in [6.45, 7) is 4.20. The summed E-state index contributed by atoms with van der Waals surface area (Å²) in [4.78, 5) is 13.7. The Balaban J connectivity index is 2.48. The molecule has 1 saturated carbocycles. The quantitative estimate of drug-likeness (QED) is 0.799. The summed E-state index contributed by atoms with van der Waals surface area (Å²) in [5.74, 6) is 0.621. The van der Waals surface area contributed by atoms with Crippen LogP contribution >= 0.6 is 0 Å². The number of likely N-dealkylation sites (N-methyl/N-ethyl adjacent to an activating group) is 1. The molecule has 16 heavy (non-hydrogen) atoms. The number of carbonyl (C=O) groups is 1. The molecular weight excluding hydrogens is 202 g/mol. The Labute approximate surface area is 98.8 Å². The fourth-order valence-corrected chi connectivity index (χ4v) is 2.31. The van der Waals surface area contributed by atoms with Gasteiger partial charge in [0.25, 0.3) is 0 Å². The highest BCUT2D eigenvalue weighted by Crippen LogP contribution is 2.23. The van der Waals surface area contributed by atoms with Crippen molar-refractivity contribution in [3.05, 3.63) is 0 Å². The molecular formula is C13H25NO2. The first-order valence-corrected chi connectivity index (χ1v) is 6.50. The molecule has 0 aromatic rings. The number of hydrogen-bond acceptors (Lipinski definition) is 2. The van der Waals surface area contributed by atoms with Crippen molar-refractivity contribution in [3.63, 3.8) is 0 Å². The highest BCUT2D eigenvalue weighted by atomic mass is 16.3. The Morgan fingerprint density at radius 1 is 1.44 bits per heavy atom. The summed E-state index contributed by atoms with van der Waals surface area (Å²) in [6, 6.07) is 0.0466. The van der Waals surface area contributed by atoms with Crippen LogP contribution in [0.3, 0.4) is 0 Å². The minimum Gasteiger partial charge on any atom is -0.391 e. The van der Waals surface area contributed by atoms with Crippen molar-refractivity contribution in [2.75, 3.05) is 7.05 Å². The van der Waals surface area contributed by atoms with E-state index in [1.165, 1.54) is 0 Å². The molecule has 0 heterocycles. The molecule has 0 bridgehead atoms. The monoisotopic (exact) mass is 227 g/mol. The largest absolute Gasteiger partial charge is 0.391 e. The second kappa shape index (κ2) is 6.24. The van der Waals surface area contributed by atoms with Gasteiger partial charge in [0.05, 0.1) is 12.1 Å². The first kappa shape index (κ1) is 13.5. The van der Waals surface area contributed by atoms with Gasteiger partial charge in [-0.05, 0) is 18.8 Å². The van der Waals surface area contributed by atoms with Gasteiger partial charge < -0.3 is 10.0 Å². The maximum Gasteiger partial charge on any atom is 0.222 e. The van der Waals surface area contributed by atoms with E-state index in [-0.39, 0.29) is 18.1 Å². The smallest absolute Gasteiger partial charge is 0.222 e. The van der Waals surface area contributed by atoms with Crippen LogP contribution in [0, 0.1) is 5.92 Å². The van der Waals surface area contributed by atoms with Gasteiger partial charge in [-0.25, -0.2) is 0 Å². The van der Waals surface area contributed by atoms with Gasteiger partial charge in [0.1, 0.15) is 0 Å². The second-order valence-corrected chi connectivity index (χ2v) is 5.14. The summed E-state index contributed by atoms with van der Waals surface area (Å²) in [5.41, 5.74) is 0. The molecule has 3 heteroatoms. The third-order valence-corrected chi connectivity index (χ3v) is 3.80. The van der Waals surface area contributed by atoms with Crippen molar-refractivity contribution < 1.29 is 9.90 Å². The minimum atomic E-state index is -0.320. The van der Waals surface area contributed by atoms with Gasteiger partial charge in [-0.1, -0.05) is 33.1 Å². The summed E-state index contributed by atoms with van der Waals surface area (Å²) in [5, 5.41) is 9.89. The first-order chi connectivity index (χ1) is 7.56. The third-order valence-electron chi connectivity index (χ3n) is 3.80. The highest BCUT2D eigenvalue weighted by molar-refractivity contribution is 5.76. The Hall–Kier alpha value is -0.570. The zero-order valence-corrected chi connectivity index (χ0v) is 10.8. The molecule has 0 saturated heterocycles. The maximum atomic E-state index is 12.0. The number of aliphatic hydroxyl groups excluding tert-OH is 1. The van der Waals surface area contributed by atoms with E-state index < -0.39 is 0 Å². The van der Waals surface area contributed by atoms with Crippen molar-refractivity contribution in [3.8, 4) is 0 Å². The number of carbonyl (C=O) groups excluding carboxylic acids is 1. The normalized spacial score (nSPS) is 27.5. The van der Waals surface area contributed by atoms with Gasteiger partial charge in [-0.3, -0.25) is 4.79 Å². The van der Waals surface area contributed by atoms with E-state index in [0.717, 1.165) is 32.1 Å². The molecule has 3 nitrogen and oxygen atoms in total. The van der Waals surface area contributed by atoms with Gasteiger partial charge in [0.2, 0.25) is 5.91 Å². The fraction of sp³-hybridized carbons (Fsp3) is 0.923. The lowest BCUT2D eigenvalue weighted by Crippen LogP contribution is -2.46. The summed E-state index contributed by atoms with van der Waals surface area (Å²) < 4.78 is 0. The fourth-order valence-electron chi connectivity index (χ4n) is 2.31. The first-order valence-electron chi connectivity index (χ1n) is 6.50. The van der Waals surface area contributed by atoms with Gasteiger partial charge in [-0.2, -0.15) is 0 Å². The standard InChI is InChI=1S/C13H25NO2/c1-4-10(2)9-13(16)14(3)11-7-5-6-8-12(11)15/h10-12,15H,4-9H2,1-3H3. The van der Waals surface area contributed by atoms with Crippen molar-refractivity contribution in [2.45, 2.75) is 64.5 Å². The molecule has 3 atom stereocenters. The van der Waals surface area contributed by atoms with Crippen molar-refractivity contribution in [2.24, 2.45) is 5.92 Å². The van der Waals surface area contributed by atoms with Crippen LogP contribution in [-0.4, -0.2) is 35.1 Å². The van der Waals surface area contributed by atoms with E-state index >= 15 is 0 Å². The Bertz CT molecular complexity index is 230. The zero-order chi connectivity index (χ0) is 12.1. The average Bonchev–Trinajstić information content (AvgIpc) is 2.28. The van der Waals surface area contributed by atoms with Crippen LogP contribution < -0.4 is 0 Å². The SMILES string of the molecule is CCC(C)CC(=O)N(C)C1CCCCC1O. The minimum absolute atomic E-state index is 0.0466. The summed E-state index contributed by atoms with van der Waals surface area (Å²) >= 11 is 0. The van der Waals surface area contributed by atoms with Crippen molar-refractivity contribution in [1.82, 2.24) is 4.90 Å². The lowest BCUT2D eigenvalue weighted by atomic mass is 9.91. The third kappa shape index (κ3) is 3.48. The lowest BCUT2D eigenvalue weighted by Gasteiger charge is -2.35. The summed E-state index contributed by atoms with van der Waals surface area (Å²) in [6.07, 6.45) is 5.33. The van der Waals surface area contributed by atoms with E-state index in [1.807, 2.05) is 7.05 Å². The van der Waals surface area contributed by atoms with Crippen LogP contribution in [0.1, 0.15) is 52.4 Å². The van der Waals surface area contributed by atoms with Crippen LogP contribution in [0.15, 0.2) is 0 Å². The predicted octanol–water partition coefficient (Wildman–Crippen LogP) is 2.18. The average molecular weight is 227 g/mol. The van der Waals surface area contributed by atoms with Gasteiger partial charge in [0, 0.05) is 13.5 Å². The highest BCUT2D eigenvalue weighted by Gasteiger charge is 2.29. The molecule has 0 spiro atoms. The van der Waals surface area contributed by atoms with E-state index in [2.05, 4.69) is 13.8 Å². The van der Waals surface area contributed by atoms with Gasteiger partial charge in [-0.15, -0.1) is 0 Å². The molecule has 0 aromatic carbocycles. The van der Waals surface area contributed by atoms with E-state index in [4.69, 9.17) is 0 Å². The Morgan fingerprint density at radius 3 is 2.62 bits per heavy atom. The molecule has 1 amide bonds. The number of nitrogens with zero attached hydrogens (tertiary/aromatic N) is 1. The van der Waals surface area contributed by atoms with Crippen LogP contribution in [0.2, 0.25) is 0 Å². The molecule has 94 valence electrons. The van der Waals surface area contributed by atoms with Crippen LogP contribution in [0.5, 0.6) is 0 Å². The molecule has 1 aliphatic carbocycles. The maximum absolute atomic E-state index is 12.0. The topological polar surface area (TPSA) is 40.5 Å². The zero-order valence-electron chi connectivity index (χ0n) is 10.8. The van der Waals surface area contributed by atoms with Gasteiger partial charge in [0.15, 0.2) is 0 Å². The van der Waals surface area contributed by atoms with Crippen LogP contribution in [-0.2, 0) is 4.79 Å². The van der Waals surface area contributed by atoms with E-state index in [9.17, 15) is 9.90 Å². The van der Waals surface area contributed by atoms with Gasteiger partial charge >= 0.3 is 0 Å². The van der Waals surface area contributed by atoms with Crippen molar-refractivity contribution in [1.29, 1.82) is 0 Å². The molecule has 3 unspecified atom stereocenters. The molecule has 0 aromatic heterocycles. The number of aliphatic hydroxyl groups is 1. The van der Waals surface area contributed by atoms with Crippen molar-refractivity contribution >= 4 is 5.91 Å². The predicted molar refractivity (Wildman–Crippen MR) is 65.1 cm³/mol. The van der Waals surface area contributed by atoms with E-state index in [0.29, 0.717) is 12.3 Å². The number of hydrogen-bond donors (Lipinski definition) is 1.